The van der Waals surface area contributed by atoms with Gasteiger partial charge in [0, 0.05) is 113 Å². The van der Waals surface area contributed by atoms with Crippen molar-refractivity contribution in [2.45, 2.75) is 39.2 Å². The predicted octanol–water partition coefficient (Wildman–Crippen LogP) is 9.44. The Labute approximate surface area is 471 Å². The van der Waals surface area contributed by atoms with Crippen LogP contribution in [-0.2, 0) is 17.6 Å². The molecule has 4 N–H and O–H groups in total. The molecule has 0 atom stereocenters. The minimum Gasteiger partial charge on any atom is -0.477 e. The summed E-state index contributed by atoms with van der Waals surface area (Å²) in [4.78, 5) is 77.8. The van der Waals surface area contributed by atoms with Gasteiger partial charge in [0.1, 0.15) is 22.7 Å². The number of nitrogen functional groups attached to an aromatic ring is 1. The number of anilines is 5. The number of aromatic nitrogens is 3. The normalized spacial score (nSPS) is 15.3. The zero-order valence-electron chi connectivity index (χ0n) is 45.9. The van der Waals surface area contributed by atoms with E-state index in [1.54, 1.807) is 47.2 Å². The lowest BCUT2D eigenvalue weighted by Crippen LogP contribution is -2.44. The highest BCUT2D eigenvalue weighted by molar-refractivity contribution is 7.13. The maximum Gasteiger partial charge on any atom is 0.412 e. The smallest absolute Gasteiger partial charge is 0.412 e. The quantitative estimate of drug-likeness (QED) is 0.0729. The molecule has 5 aromatic heterocycles. The fourth-order valence-corrected chi connectivity index (χ4v) is 10.6. The lowest BCUT2D eigenvalue weighted by atomic mass is 10.0. The van der Waals surface area contributed by atoms with E-state index >= 15 is 0 Å². The van der Waals surface area contributed by atoms with Gasteiger partial charge < -0.3 is 45.0 Å². The van der Waals surface area contributed by atoms with Crippen LogP contribution in [0.2, 0.25) is 0 Å². The number of hydrogen-bond acceptors (Lipinski definition) is 17. The van der Waals surface area contributed by atoms with Crippen LogP contribution in [0.1, 0.15) is 63.4 Å². The average molecular weight is 1110 g/mol. The number of amides is 1. The third-order valence-electron chi connectivity index (χ3n) is 13.8. The van der Waals surface area contributed by atoms with Crippen molar-refractivity contribution in [2.75, 3.05) is 125 Å². The molecule has 3 saturated heterocycles. The van der Waals surface area contributed by atoms with E-state index in [2.05, 4.69) is 76.9 Å². The number of carboxylic acids is 1. The van der Waals surface area contributed by atoms with Crippen molar-refractivity contribution in [3.05, 3.63) is 155 Å². The summed E-state index contributed by atoms with van der Waals surface area (Å²) >= 11 is 3.30. The van der Waals surface area contributed by atoms with Crippen molar-refractivity contribution in [2.24, 2.45) is 0 Å². The second kappa shape index (κ2) is 26.9. The molecule has 3 aliphatic rings. The number of ketones is 2. The van der Waals surface area contributed by atoms with Crippen molar-refractivity contribution >= 4 is 74.7 Å². The van der Waals surface area contributed by atoms with Gasteiger partial charge in [-0.1, -0.05) is 24.3 Å². The third-order valence-corrected chi connectivity index (χ3v) is 15.7. The molecule has 0 spiro atoms. The van der Waals surface area contributed by atoms with E-state index in [-0.39, 0.29) is 30.1 Å². The molecule has 0 unspecified atom stereocenters. The van der Waals surface area contributed by atoms with E-state index in [9.17, 15) is 19.2 Å². The van der Waals surface area contributed by atoms with Crippen LogP contribution in [0.5, 0.6) is 0 Å². The second-order valence-corrected chi connectivity index (χ2v) is 22.8. The Kier molecular flexibility index (Phi) is 19.6. The predicted molar refractivity (Wildman–Crippen MR) is 319 cm³/mol. The van der Waals surface area contributed by atoms with E-state index in [1.165, 1.54) is 4.88 Å². The monoisotopic (exact) mass is 1110 g/mol. The van der Waals surface area contributed by atoms with E-state index < -0.39 is 17.7 Å². The highest BCUT2D eigenvalue weighted by atomic mass is 32.1. The summed E-state index contributed by atoms with van der Waals surface area (Å²) in [6, 6.07) is 30.7. The second-order valence-electron chi connectivity index (χ2n) is 20.9. The van der Waals surface area contributed by atoms with Gasteiger partial charge in [-0.25, -0.2) is 14.6 Å². The van der Waals surface area contributed by atoms with E-state index in [4.69, 9.17) is 15.6 Å². The summed E-state index contributed by atoms with van der Waals surface area (Å²) in [5.74, 6) is -1.10. The SMILES string of the molecule is CN1CCN(c2ccc(C(=O)Cc3cc(-c4cccs4)ccc3N)nc2)CC1.CN1CCN(c2ccc(C(=O)Cc3cc(-c4cccs4)ccc3NC(=O)OC(C)(C)C)nc2)CC1.CN1CCN(c2ccc(C(=O)O)nc2)CC1. The van der Waals surface area contributed by atoms with E-state index in [0.29, 0.717) is 22.8 Å². The van der Waals surface area contributed by atoms with Crippen LogP contribution in [0.3, 0.4) is 0 Å². The summed E-state index contributed by atoms with van der Waals surface area (Å²) in [6.07, 6.45) is 5.04. The highest BCUT2D eigenvalue weighted by Gasteiger charge is 2.22. The van der Waals surface area contributed by atoms with E-state index in [0.717, 1.165) is 123 Å². The number of benzene rings is 2. The molecule has 3 fully saturated rings. The molecule has 3 aliphatic heterocycles. The van der Waals surface area contributed by atoms with Crippen LogP contribution in [0, 0.1) is 0 Å². The molecule has 10 rings (SSSR count). The molecular formula is C60H71N11O6S2. The summed E-state index contributed by atoms with van der Waals surface area (Å²) < 4.78 is 5.41. The Bertz CT molecular complexity index is 3110. The lowest BCUT2D eigenvalue weighted by molar-refractivity contribution is 0.0633. The molecule has 8 heterocycles. The first-order chi connectivity index (χ1) is 37.9. The van der Waals surface area contributed by atoms with E-state index in [1.807, 2.05) is 117 Å². The molecule has 0 bridgehead atoms. The largest absolute Gasteiger partial charge is 0.477 e. The fourth-order valence-electron chi connectivity index (χ4n) is 9.12. The minimum atomic E-state index is -0.982. The number of carboxylic acid groups (broad SMARTS) is 1. The van der Waals surface area contributed by atoms with Crippen LogP contribution >= 0.6 is 22.7 Å². The number of nitrogens with two attached hydrogens (primary N) is 1. The number of aromatic carboxylic acids is 1. The number of nitrogens with zero attached hydrogens (tertiary/aromatic N) is 9. The number of pyridine rings is 3. The van der Waals surface area contributed by atoms with Crippen LogP contribution < -0.4 is 25.8 Å². The number of ether oxygens (including phenoxy) is 1. The molecule has 0 saturated carbocycles. The van der Waals surface area contributed by atoms with Gasteiger partial charge in [0.2, 0.25) is 0 Å². The first kappa shape index (κ1) is 57.6. The van der Waals surface area contributed by atoms with Crippen molar-refractivity contribution in [3.63, 3.8) is 0 Å². The zero-order valence-corrected chi connectivity index (χ0v) is 47.6. The Hall–Kier alpha value is -7.55. The van der Waals surface area contributed by atoms with Gasteiger partial charge in [0.05, 0.1) is 35.7 Å². The Balaban J connectivity index is 0.000000166. The van der Waals surface area contributed by atoms with Gasteiger partial charge in [-0.15, -0.1) is 22.7 Å². The molecule has 19 heteroatoms. The highest BCUT2D eigenvalue weighted by Crippen LogP contribution is 2.31. The fraction of sp³-hybridized carbons (Fsp3) is 0.350. The lowest BCUT2D eigenvalue weighted by Gasteiger charge is -2.33. The molecule has 2 aromatic carbocycles. The summed E-state index contributed by atoms with van der Waals surface area (Å²) in [5, 5.41) is 15.6. The number of likely N-dealkylation sites (N-methyl/N-ethyl adjacent to an activating group) is 3. The Morgan fingerprint density at radius 1 is 0.557 bits per heavy atom. The van der Waals surface area contributed by atoms with Gasteiger partial charge in [0.15, 0.2) is 11.6 Å². The zero-order chi connectivity index (χ0) is 56.1. The summed E-state index contributed by atoms with van der Waals surface area (Å²) in [5.41, 5.74) is 14.4. The molecule has 79 heavy (non-hydrogen) atoms. The number of thiophene rings is 2. The first-order valence-corrected chi connectivity index (χ1v) is 28.3. The van der Waals surface area contributed by atoms with Crippen molar-refractivity contribution in [3.8, 4) is 20.9 Å². The minimum absolute atomic E-state index is 0.0139. The molecule has 1 amide bonds. The van der Waals surface area contributed by atoms with Crippen molar-refractivity contribution in [1.29, 1.82) is 0 Å². The van der Waals surface area contributed by atoms with Crippen molar-refractivity contribution < 1.29 is 29.0 Å². The van der Waals surface area contributed by atoms with Gasteiger partial charge in [-0.3, -0.25) is 24.9 Å². The number of hydrogen-bond donors (Lipinski definition) is 3. The standard InChI is InChI=1S/C27H32N4O3S.C22H24N4OS.C11H15N3O2/c1-27(2,3)34-26(33)29-22-9-7-19(25-6-5-15-35-25)16-20(22)17-24(32)23-10-8-21(18-28-23)31-13-11-30(4)12-14-31;1-25-8-10-26(11-9-25)18-5-7-20(24-15-18)21(27)14-17-13-16(4-6-19(17)23)22-3-2-12-28-22;1-13-4-6-14(7-5-13)9-2-3-10(11(15)16)12-8-9/h5-10,15-16,18H,11-14,17H2,1-4H3,(H,29,33);2-7,12-13,15H,8-11,14,23H2,1H3;2-3,8H,4-7H2,1H3,(H,15,16). The van der Waals surface area contributed by atoms with Crippen LogP contribution in [0.25, 0.3) is 20.9 Å². The van der Waals surface area contributed by atoms with Gasteiger partial charge in [-0.2, -0.15) is 0 Å². The van der Waals surface area contributed by atoms with Crippen LogP contribution in [0.4, 0.5) is 33.2 Å². The molecule has 414 valence electrons. The maximum absolute atomic E-state index is 13.2. The summed E-state index contributed by atoms with van der Waals surface area (Å²) in [6.45, 7) is 17.4. The first-order valence-electron chi connectivity index (χ1n) is 26.5. The molecular weight excluding hydrogens is 1030 g/mol. The number of rotatable bonds is 13. The number of Topliss-reactive ketones (excluding diaryl/α,β-unsaturated/α-hetero) is 2. The molecule has 17 nitrogen and oxygen atoms in total. The number of piperazine rings is 3. The average Bonchev–Trinajstić information content (AvgIpc) is 4.23. The molecule has 7 aromatic rings. The van der Waals surface area contributed by atoms with Gasteiger partial charge in [0.25, 0.3) is 0 Å². The third kappa shape index (κ3) is 16.5. The summed E-state index contributed by atoms with van der Waals surface area (Å²) in [7, 11) is 6.36. The van der Waals surface area contributed by atoms with Crippen LogP contribution in [0.15, 0.2) is 126 Å². The van der Waals surface area contributed by atoms with Crippen molar-refractivity contribution in [1.82, 2.24) is 29.7 Å². The topological polar surface area (TPSA) is 194 Å². The Morgan fingerprint density at radius 3 is 1.34 bits per heavy atom. The Morgan fingerprint density at radius 2 is 0.962 bits per heavy atom. The number of nitrogens with one attached hydrogen (secondary N) is 1. The molecule has 0 aliphatic carbocycles. The van der Waals surface area contributed by atoms with Gasteiger partial charge in [-0.05, 0) is 148 Å². The maximum atomic E-state index is 13.2. The molecule has 0 radical (unpaired) electrons. The number of carbonyl (C=O) groups excluding carboxylic acids is 3. The number of carbonyl (C=O) groups is 4. The van der Waals surface area contributed by atoms with Gasteiger partial charge >= 0.3 is 12.1 Å². The van der Waals surface area contributed by atoms with Crippen LogP contribution in [-0.4, -0.2) is 164 Å².